The number of rotatable bonds is 4. The molecule has 0 saturated heterocycles. The van der Waals surface area contributed by atoms with Crippen LogP contribution in [-0.2, 0) is 16.1 Å². The van der Waals surface area contributed by atoms with Crippen molar-refractivity contribution in [3.63, 3.8) is 0 Å². The van der Waals surface area contributed by atoms with Gasteiger partial charge in [-0.05, 0) is 30.5 Å². The highest BCUT2D eigenvalue weighted by molar-refractivity contribution is 6.01. The smallest absolute Gasteiger partial charge is 0.329 e. The Bertz CT molecular complexity index is 623. The molecule has 0 aromatic heterocycles. The molecule has 1 aromatic carbocycles. The number of aryl methyl sites for hydroxylation is 1. The summed E-state index contributed by atoms with van der Waals surface area (Å²) in [5.74, 6) is 5.91. The second-order valence-corrected chi connectivity index (χ2v) is 5.08. The Morgan fingerprint density at radius 3 is 2.90 bits per heavy atom. The third-order valence-electron chi connectivity index (χ3n) is 3.35. The van der Waals surface area contributed by atoms with Gasteiger partial charge in [-0.1, -0.05) is 25.2 Å². The molecule has 1 aliphatic carbocycles. The predicted molar refractivity (Wildman–Crippen MR) is 80.9 cm³/mol. The molecule has 0 amide bonds. The van der Waals surface area contributed by atoms with Gasteiger partial charge in [0.25, 0.3) is 0 Å². The minimum absolute atomic E-state index is 0.126. The summed E-state index contributed by atoms with van der Waals surface area (Å²) in [5, 5.41) is 0. The minimum Gasteiger partial charge on any atom is -0.344 e. The van der Waals surface area contributed by atoms with Gasteiger partial charge in [-0.3, -0.25) is 9.59 Å². The first-order valence-electron chi connectivity index (χ1n) is 7.24. The molecule has 0 unspecified atom stereocenters. The molecule has 1 aliphatic rings. The van der Waals surface area contributed by atoms with Gasteiger partial charge in [-0.15, -0.1) is 0 Å². The topological polar surface area (TPSA) is 55.4 Å². The fraction of sp³-hybridized carbons (Fsp3) is 0.412. The molecule has 4 nitrogen and oxygen atoms in total. The van der Waals surface area contributed by atoms with Crippen molar-refractivity contribution < 1.29 is 14.4 Å². The van der Waals surface area contributed by atoms with Crippen LogP contribution in [-0.4, -0.2) is 11.8 Å². The Morgan fingerprint density at radius 2 is 2.19 bits per heavy atom. The van der Waals surface area contributed by atoms with Crippen LogP contribution in [0.4, 0.5) is 5.69 Å². The number of Topliss-reactive ketones (excluding diaryl/α,β-unsaturated/α-hetero) is 1. The molecular formula is C17H19NO3. The van der Waals surface area contributed by atoms with Crippen LogP contribution in [0.1, 0.15) is 61.0 Å². The molecule has 1 aromatic rings. The van der Waals surface area contributed by atoms with Gasteiger partial charge in [-0.25, -0.2) is 5.48 Å². The Hall–Kier alpha value is -2.28. The molecule has 0 bridgehead atoms. The lowest BCUT2D eigenvalue weighted by Gasteiger charge is -2.09. The maximum Gasteiger partial charge on any atom is 0.329 e. The fourth-order valence-electron chi connectivity index (χ4n) is 2.23. The van der Waals surface area contributed by atoms with Gasteiger partial charge in [0.1, 0.15) is 0 Å². The number of hydrogen-bond acceptors (Lipinski definition) is 4. The summed E-state index contributed by atoms with van der Waals surface area (Å²) in [6.07, 6.45) is 4.29. The number of ketones is 1. The van der Waals surface area contributed by atoms with E-state index in [-0.39, 0.29) is 5.78 Å². The van der Waals surface area contributed by atoms with E-state index in [4.69, 9.17) is 4.84 Å². The molecule has 4 heteroatoms. The van der Waals surface area contributed by atoms with Crippen LogP contribution < -0.4 is 5.48 Å². The highest BCUT2D eigenvalue weighted by Crippen LogP contribution is 2.28. The molecule has 0 aliphatic heterocycles. The quantitative estimate of drug-likeness (QED) is 0.524. The largest absolute Gasteiger partial charge is 0.344 e. The second-order valence-electron chi connectivity index (χ2n) is 5.08. The van der Waals surface area contributed by atoms with Crippen LogP contribution >= 0.6 is 0 Å². The van der Waals surface area contributed by atoms with Gasteiger partial charge >= 0.3 is 5.97 Å². The van der Waals surface area contributed by atoms with Gasteiger partial charge in [0, 0.05) is 25.3 Å². The molecule has 0 radical (unpaired) electrons. The third kappa shape index (κ3) is 3.85. The number of carbonyl (C=O) groups excluding carboxylic acids is 2. The van der Waals surface area contributed by atoms with Gasteiger partial charge < -0.3 is 4.84 Å². The Labute approximate surface area is 124 Å². The van der Waals surface area contributed by atoms with Gasteiger partial charge in [-0.2, -0.15) is 0 Å². The predicted octanol–water partition coefficient (Wildman–Crippen LogP) is 3.25. The van der Waals surface area contributed by atoms with Gasteiger partial charge in [0.2, 0.25) is 0 Å². The highest BCUT2D eigenvalue weighted by Gasteiger charge is 2.21. The van der Waals surface area contributed by atoms with Crippen LogP contribution in [0.5, 0.6) is 0 Å². The molecule has 0 heterocycles. The van der Waals surface area contributed by atoms with E-state index in [1.165, 1.54) is 6.92 Å². The van der Waals surface area contributed by atoms with E-state index < -0.39 is 5.97 Å². The van der Waals surface area contributed by atoms with E-state index in [0.717, 1.165) is 36.8 Å². The fourth-order valence-corrected chi connectivity index (χ4v) is 2.23. The van der Waals surface area contributed by atoms with E-state index in [0.29, 0.717) is 17.7 Å². The van der Waals surface area contributed by atoms with Crippen molar-refractivity contribution in [1.82, 2.24) is 0 Å². The lowest BCUT2D eigenvalue weighted by Crippen LogP contribution is -2.08. The van der Waals surface area contributed by atoms with Crippen molar-refractivity contribution in [2.24, 2.45) is 0 Å². The SMILES string of the molecule is CCCCC#Cc1cc2c(cc1NOC(C)=O)C(=O)CC2. The summed E-state index contributed by atoms with van der Waals surface area (Å²) in [4.78, 5) is 27.6. The lowest BCUT2D eigenvalue weighted by molar-refractivity contribution is -0.138. The molecule has 1 N–H and O–H groups in total. The Balaban J connectivity index is 2.29. The summed E-state index contributed by atoms with van der Waals surface area (Å²) in [6, 6.07) is 3.66. The van der Waals surface area contributed by atoms with Crippen molar-refractivity contribution in [2.75, 3.05) is 5.48 Å². The third-order valence-corrected chi connectivity index (χ3v) is 3.35. The van der Waals surface area contributed by atoms with Crippen molar-refractivity contribution in [3.05, 3.63) is 28.8 Å². The number of nitrogens with one attached hydrogen (secondary N) is 1. The van der Waals surface area contributed by atoms with Crippen LogP contribution in [0.25, 0.3) is 0 Å². The van der Waals surface area contributed by atoms with E-state index >= 15 is 0 Å². The zero-order valence-electron chi connectivity index (χ0n) is 12.4. The van der Waals surface area contributed by atoms with E-state index in [9.17, 15) is 9.59 Å². The number of carbonyl (C=O) groups is 2. The van der Waals surface area contributed by atoms with E-state index in [1.807, 2.05) is 6.07 Å². The van der Waals surface area contributed by atoms with Gasteiger partial charge in [0.05, 0.1) is 11.3 Å². The maximum atomic E-state index is 11.8. The van der Waals surface area contributed by atoms with Crippen LogP contribution in [0, 0.1) is 11.8 Å². The summed E-state index contributed by atoms with van der Waals surface area (Å²) in [5.41, 5.74) is 5.66. The summed E-state index contributed by atoms with van der Waals surface area (Å²) in [6.45, 7) is 3.44. The number of anilines is 1. The van der Waals surface area contributed by atoms with Crippen LogP contribution in [0.3, 0.4) is 0 Å². The summed E-state index contributed by atoms with van der Waals surface area (Å²) < 4.78 is 0. The highest BCUT2D eigenvalue weighted by atomic mass is 16.7. The van der Waals surface area contributed by atoms with Crippen molar-refractivity contribution >= 4 is 17.4 Å². The number of benzene rings is 1. The van der Waals surface area contributed by atoms with Crippen LogP contribution in [0.2, 0.25) is 0 Å². The molecule has 0 spiro atoms. The lowest BCUT2D eigenvalue weighted by atomic mass is 10.0. The zero-order valence-corrected chi connectivity index (χ0v) is 12.4. The van der Waals surface area contributed by atoms with E-state index in [1.54, 1.807) is 6.07 Å². The monoisotopic (exact) mass is 285 g/mol. The Kier molecular flexibility index (Phi) is 4.99. The average Bonchev–Trinajstić information content (AvgIpc) is 2.81. The van der Waals surface area contributed by atoms with Crippen LogP contribution in [0.15, 0.2) is 12.1 Å². The minimum atomic E-state index is -0.438. The molecule has 0 fully saturated rings. The van der Waals surface area contributed by atoms with Crippen molar-refractivity contribution in [2.45, 2.75) is 46.0 Å². The molecule has 2 rings (SSSR count). The molecule has 110 valence electrons. The molecule has 21 heavy (non-hydrogen) atoms. The molecular weight excluding hydrogens is 266 g/mol. The molecule has 0 atom stereocenters. The first-order chi connectivity index (χ1) is 10.1. The number of fused-ring (bicyclic) bond motifs is 1. The first kappa shape index (κ1) is 15.1. The summed E-state index contributed by atoms with van der Waals surface area (Å²) in [7, 11) is 0. The van der Waals surface area contributed by atoms with Gasteiger partial charge in [0.15, 0.2) is 5.78 Å². The number of hydrogen-bond donors (Lipinski definition) is 1. The second kappa shape index (κ2) is 6.94. The van der Waals surface area contributed by atoms with Crippen molar-refractivity contribution in [1.29, 1.82) is 0 Å². The zero-order chi connectivity index (χ0) is 15.2. The Morgan fingerprint density at radius 1 is 1.38 bits per heavy atom. The summed E-state index contributed by atoms with van der Waals surface area (Å²) >= 11 is 0. The maximum absolute atomic E-state index is 11.8. The normalized spacial score (nSPS) is 12.4. The first-order valence-corrected chi connectivity index (χ1v) is 7.24. The van der Waals surface area contributed by atoms with E-state index in [2.05, 4.69) is 24.2 Å². The number of unbranched alkanes of at least 4 members (excludes halogenated alkanes) is 2. The molecule has 0 saturated carbocycles. The standard InChI is InChI=1S/C17H19NO3/c1-3-4-5-6-7-14-10-13-8-9-17(20)15(13)11-16(14)18-21-12(2)19/h10-11,18H,3-5,8-9H2,1-2H3. The average molecular weight is 285 g/mol. The van der Waals surface area contributed by atoms with Crippen molar-refractivity contribution in [3.8, 4) is 11.8 Å².